The predicted molar refractivity (Wildman–Crippen MR) is 266 cm³/mol. The zero-order valence-corrected chi connectivity index (χ0v) is 36.6. The van der Waals surface area contributed by atoms with E-state index >= 15 is 0 Å². The molecule has 0 saturated carbocycles. The van der Waals surface area contributed by atoms with Crippen LogP contribution >= 0.6 is 0 Å². The van der Waals surface area contributed by atoms with Gasteiger partial charge in [-0.15, -0.1) is 0 Å². The molecular weight excluding hydrogens is 771 g/mol. The Morgan fingerprint density at radius 1 is 0.492 bits per heavy atom. The normalized spacial score (nSPS) is 13.1. The Hall–Kier alpha value is -7.18. The minimum atomic E-state index is -0.00177. The Balaban J connectivity index is 1.12. The molecule has 0 aliphatic carbocycles. The summed E-state index contributed by atoms with van der Waals surface area (Å²) in [6, 6.07) is 48.6. The Morgan fingerprint density at radius 3 is 1.79 bits per heavy atom. The van der Waals surface area contributed by atoms with Crippen molar-refractivity contribution in [1.82, 2.24) is 4.57 Å². The third-order valence-corrected chi connectivity index (χ3v) is 13.8. The zero-order valence-electron chi connectivity index (χ0n) is 36.6. The van der Waals surface area contributed by atoms with Crippen LogP contribution in [0.3, 0.4) is 0 Å². The number of furan rings is 3. The van der Waals surface area contributed by atoms with Gasteiger partial charge in [-0.05, 0) is 112 Å². The summed E-state index contributed by atoms with van der Waals surface area (Å²) in [4.78, 5) is 0. The van der Waals surface area contributed by atoms with E-state index in [0.717, 1.165) is 90.0 Å². The molecule has 6 heteroatoms. The summed E-state index contributed by atoms with van der Waals surface area (Å²) >= 11 is 0. The van der Waals surface area contributed by atoms with Gasteiger partial charge in [0.25, 0.3) is 0 Å². The minimum absolute atomic E-state index is 0.00177. The maximum Gasteiger partial charge on any atom is 0.198 e. The second-order valence-corrected chi connectivity index (χ2v) is 19.9. The summed E-state index contributed by atoms with van der Waals surface area (Å²) in [5, 5.41) is 13.1. The molecule has 0 atom stereocenters. The molecule has 304 valence electrons. The van der Waals surface area contributed by atoms with Gasteiger partial charge in [-0.3, -0.25) is 0 Å². The number of hydrogen-bond donors (Lipinski definition) is 1. The molecule has 0 amide bonds. The molecule has 1 aliphatic heterocycles. The van der Waals surface area contributed by atoms with Crippen molar-refractivity contribution in [2.45, 2.75) is 59.3 Å². The van der Waals surface area contributed by atoms with Gasteiger partial charge in [0.15, 0.2) is 7.28 Å². The summed E-state index contributed by atoms with van der Waals surface area (Å²) in [6.07, 6.45) is 0. The van der Waals surface area contributed by atoms with Gasteiger partial charge in [0.05, 0.1) is 5.52 Å². The number of nitrogens with zero attached hydrogens (tertiary/aromatic N) is 1. The van der Waals surface area contributed by atoms with Crippen LogP contribution in [0.4, 0.5) is 11.4 Å². The molecule has 0 spiro atoms. The Morgan fingerprint density at radius 2 is 1.08 bits per heavy atom. The molecule has 5 heterocycles. The van der Waals surface area contributed by atoms with Crippen LogP contribution < -0.4 is 16.2 Å². The molecule has 13 rings (SSSR count). The van der Waals surface area contributed by atoms with E-state index in [9.17, 15) is 0 Å². The lowest BCUT2D eigenvalue weighted by Crippen LogP contribution is -2.37. The van der Waals surface area contributed by atoms with E-state index in [1.54, 1.807) is 0 Å². The highest BCUT2D eigenvalue weighted by atomic mass is 16.3. The maximum atomic E-state index is 6.83. The molecule has 0 fully saturated rings. The lowest BCUT2D eigenvalue weighted by atomic mass is 9.58. The van der Waals surface area contributed by atoms with Crippen LogP contribution in [-0.4, -0.2) is 11.8 Å². The second-order valence-electron chi connectivity index (χ2n) is 19.9. The molecule has 0 radical (unpaired) electrons. The number of hydrogen-bond acceptors (Lipinski definition) is 4. The van der Waals surface area contributed by atoms with E-state index < -0.39 is 0 Å². The lowest BCUT2D eigenvalue weighted by Gasteiger charge is -2.24. The Bertz CT molecular complexity index is 3940. The van der Waals surface area contributed by atoms with Crippen LogP contribution in [0, 0.1) is 6.92 Å². The van der Waals surface area contributed by atoms with Crippen molar-refractivity contribution in [1.29, 1.82) is 0 Å². The molecule has 63 heavy (non-hydrogen) atoms. The van der Waals surface area contributed by atoms with Crippen LogP contribution in [0.25, 0.3) is 104 Å². The molecule has 4 aromatic heterocycles. The molecule has 8 aromatic carbocycles. The highest BCUT2D eigenvalue weighted by molar-refractivity contribution is 6.74. The number of anilines is 2. The number of benzene rings is 8. The van der Waals surface area contributed by atoms with Gasteiger partial charge in [-0.1, -0.05) is 114 Å². The number of aryl methyl sites for hydroxylation is 1. The van der Waals surface area contributed by atoms with Crippen molar-refractivity contribution in [3.63, 3.8) is 0 Å². The lowest BCUT2D eigenvalue weighted by molar-refractivity contribution is 0.587. The molecule has 5 nitrogen and oxygen atoms in total. The average Bonchev–Trinajstić information content (AvgIpc) is 4.01. The largest absolute Gasteiger partial charge is 0.456 e. The molecular formula is C57H45BN2O3. The number of fused-ring (bicyclic) bond motifs is 14. The number of aromatic nitrogens is 1. The highest BCUT2D eigenvalue weighted by Crippen LogP contribution is 2.45. The smallest absolute Gasteiger partial charge is 0.198 e. The fourth-order valence-electron chi connectivity index (χ4n) is 10.5. The number of para-hydroxylation sites is 2. The predicted octanol–water partition coefficient (Wildman–Crippen LogP) is 14.5. The summed E-state index contributed by atoms with van der Waals surface area (Å²) in [5.74, 6) is 0. The van der Waals surface area contributed by atoms with Crippen LogP contribution in [0.1, 0.15) is 58.2 Å². The van der Waals surface area contributed by atoms with E-state index in [-0.39, 0.29) is 10.8 Å². The first-order valence-corrected chi connectivity index (χ1v) is 22.1. The second kappa shape index (κ2) is 12.5. The van der Waals surface area contributed by atoms with Gasteiger partial charge in [0.2, 0.25) is 0 Å². The molecule has 0 bridgehead atoms. The fraction of sp³-hybridized carbons (Fsp3) is 0.158. The Labute approximate surface area is 365 Å². The van der Waals surface area contributed by atoms with Gasteiger partial charge in [-0.25, -0.2) is 0 Å². The number of rotatable bonds is 3. The summed E-state index contributed by atoms with van der Waals surface area (Å²) in [6.45, 7) is 15.8. The average molecular weight is 817 g/mol. The van der Waals surface area contributed by atoms with Gasteiger partial charge in [0.1, 0.15) is 33.5 Å². The first-order chi connectivity index (χ1) is 30.4. The van der Waals surface area contributed by atoms with Crippen LogP contribution in [0.5, 0.6) is 0 Å². The van der Waals surface area contributed by atoms with Crippen molar-refractivity contribution < 1.29 is 13.3 Å². The molecule has 1 N–H and O–H groups in total. The van der Waals surface area contributed by atoms with Crippen LogP contribution in [-0.2, 0) is 10.8 Å². The SMILES string of the molecule is Cc1cc(-c2cc3oc4cc(C(C)(C)C)ccc4c3cc2Nc2ccc(C(C)(C)C)cc2)c2c3c1c1cc4oc5ccccc5c4cc1n3-c1cc3c(cc1B2)oc1ccccc13. The molecule has 0 unspecified atom stereocenters. The van der Waals surface area contributed by atoms with E-state index in [1.165, 1.54) is 60.7 Å². The quantitative estimate of drug-likeness (QED) is 0.181. The third kappa shape index (κ3) is 5.30. The first-order valence-electron chi connectivity index (χ1n) is 22.1. The van der Waals surface area contributed by atoms with Gasteiger partial charge >= 0.3 is 0 Å². The zero-order chi connectivity index (χ0) is 42.7. The fourth-order valence-corrected chi connectivity index (χ4v) is 10.5. The van der Waals surface area contributed by atoms with Crippen molar-refractivity contribution in [2.75, 3.05) is 5.32 Å². The third-order valence-electron chi connectivity index (χ3n) is 13.8. The summed E-state index contributed by atoms with van der Waals surface area (Å²) in [5.41, 5.74) is 19.6. The molecule has 12 aromatic rings. The van der Waals surface area contributed by atoms with E-state index in [4.69, 9.17) is 13.3 Å². The van der Waals surface area contributed by atoms with Crippen molar-refractivity contribution in [3.8, 4) is 16.8 Å². The van der Waals surface area contributed by atoms with Gasteiger partial charge in [0, 0.05) is 71.2 Å². The standard InChI is InChI=1S/C57H45BN2O3/c1-30-22-41(37-27-50-38(36-21-18-32(57(5,6)7)23-49(36)63-50)24-44(37)59-33-19-16-31(17-20-33)56(2,3)4)54-55-53(30)42-28-51-39(34-12-8-10-14-47(34)61-51)25-45(42)60(55)46-26-40-35-13-9-11-15-48(35)62-52(40)29-43(46)58-54/h8-29,58-59H,1-7H3. The van der Waals surface area contributed by atoms with Crippen molar-refractivity contribution in [3.05, 3.63) is 150 Å². The van der Waals surface area contributed by atoms with E-state index in [1.807, 2.05) is 12.1 Å². The topological polar surface area (TPSA) is 56.4 Å². The van der Waals surface area contributed by atoms with Gasteiger partial charge < -0.3 is 23.1 Å². The molecule has 1 aliphatic rings. The summed E-state index contributed by atoms with van der Waals surface area (Å²) in [7, 11) is 0.733. The van der Waals surface area contributed by atoms with Crippen molar-refractivity contribution in [2.24, 2.45) is 0 Å². The first kappa shape index (κ1) is 36.5. The van der Waals surface area contributed by atoms with Crippen LogP contribution in [0.15, 0.2) is 147 Å². The summed E-state index contributed by atoms with van der Waals surface area (Å²) < 4.78 is 22.5. The maximum absolute atomic E-state index is 6.83. The Kier molecular flexibility index (Phi) is 7.22. The monoisotopic (exact) mass is 816 g/mol. The minimum Gasteiger partial charge on any atom is -0.456 e. The molecule has 0 saturated heterocycles. The van der Waals surface area contributed by atoms with Crippen LogP contribution in [0.2, 0.25) is 0 Å². The van der Waals surface area contributed by atoms with E-state index in [0.29, 0.717) is 0 Å². The number of nitrogens with one attached hydrogen (secondary N) is 1. The van der Waals surface area contributed by atoms with Gasteiger partial charge in [-0.2, -0.15) is 0 Å². The highest BCUT2D eigenvalue weighted by Gasteiger charge is 2.30. The van der Waals surface area contributed by atoms with E-state index in [2.05, 4.69) is 180 Å². The van der Waals surface area contributed by atoms with Crippen molar-refractivity contribution >= 4 is 117 Å².